The number of carbonyl (C=O) groups is 1. The van der Waals surface area contributed by atoms with Gasteiger partial charge in [-0.15, -0.1) is 11.8 Å². The summed E-state index contributed by atoms with van der Waals surface area (Å²) >= 11 is 7.30. The number of hydrogen-bond donors (Lipinski definition) is 1. The zero-order chi connectivity index (χ0) is 20.2. The maximum absolute atomic E-state index is 12.3. The first kappa shape index (κ1) is 19.3. The van der Waals surface area contributed by atoms with Crippen molar-refractivity contribution in [3.63, 3.8) is 0 Å². The van der Waals surface area contributed by atoms with Gasteiger partial charge in [0, 0.05) is 21.0 Å². The molecule has 0 atom stereocenters. The summed E-state index contributed by atoms with van der Waals surface area (Å²) in [6.07, 6.45) is 0. The molecule has 3 aromatic carbocycles. The van der Waals surface area contributed by atoms with E-state index >= 15 is 0 Å². The molecule has 1 N–H and O–H groups in total. The Bertz CT molecular complexity index is 1220. The van der Waals surface area contributed by atoms with E-state index in [1.165, 1.54) is 11.8 Å². The van der Waals surface area contributed by atoms with Crippen molar-refractivity contribution in [3.05, 3.63) is 94.3 Å². The molecular weight excluding hydrogens is 406 g/mol. The van der Waals surface area contributed by atoms with Gasteiger partial charge in [0.25, 0.3) is 0 Å². The van der Waals surface area contributed by atoms with Crippen molar-refractivity contribution >= 4 is 45.9 Å². The number of para-hydroxylation sites is 1. The number of carbonyl (C=O) groups excluding carboxylic acids is 1. The van der Waals surface area contributed by atoms with Gasteiger partial charge in [-0.25, -0.2) is 4.79 Å². The van der Waals surface area contributed by atoms with Crippen LogP contribution < -0.4 is 10.9 Å². The largest absolute Gasteiger partial charge is 0.422 e. The van der Waals surface area contributed by atoms with Crippen molar-refractivity contribution in [2.24, 2.45) is 0 Å². The van der Waals surface area contributed by atoms with Crippen LogP contribution >= 0.6 is 23.4 Å². The monoisotopic (exact) mass is 421 g/mol. The second kappa shape index (κ2) is 8.55. The highest BCUT2D eigenvalue weighted by Gasteiger charge is 2.09. The van der Waals surface area contributed by atoms with Gasteiger partial charge >= 0.3 is 5.63 Å². The molecular formula is C23H16ClNO3S. The molecule has 6 heteroatoms. The smallest absolute Gasteiger partial charge is 0.344 e. The third-order valence-electron chi connectivity index (χ3n) is 4.30. The molecule has 0 aliphatic heterocycles. The summed E-state index contributed by atoms with van der Waals surface area (Å²) in [7, 11) is 0. The van der Waals surface area contributed by atoms with E-state index in [2.05, 4.69) is 5.32 Å². The number of benzene rings is 3. The molecule has 0 unspecified atom stereocenters. The summed E-state index contributed by atoms with van der Waals surface area (Å²) in [6, 6.07) is 23.7. The van der Waals surface area contributed by atoms with Crippen LogP contribution in [0.4, 0.5) is 5.69 Å². The lowest BCUT2D eigenvalue weighted by Crippen LogP contribution is -2.13. The normalized spacial score (nSPS) is 10.8. The zero-order valence-electron chi connectivity index (χ0n) is 15.2. The first-order valence-corrected chi connectivity index (χ1v) is 10.3. The molecule has 0 saturated carbocycles. The van der Waals surface area contributed by atoms with E-state index in [1.54, 1.807) is 42.5 Å². The van der Waals surface area contributed by atoms with Gasteiger partial charge in [-0.1, -0.05) is 41.9 Å². The minimum Gasteiger partial charge on any atom is -0.422 e. The number of fused-ring (bicyclic) bond motifs is 1. The van der Waals surface area contributed by atoms with Crippen LogP contribution in [0.2, 0.25) is 5.02 Å². The minimum atomic E-state index is -0.389. The average Bonchev–Trinajstić information content (AvgIpc) is 2.73. The Morgan fingerprint density at radius 3 is 2.45 bits per heavy atom. The molecule has 144 valence electrons. The lowest BCUT2D eigenvalue weighted by molar-refractivity contribution is -0.113. The van der Waals surface area contributed by atoms with E-state index < -0.39 is 0 Å². The van der Waals surface area contributed by atoms with Gasteiger partial charge in [0.15, 0.2) is 0 Å². The Balaban J connectivity index is 1.44. The van der Waals surface area contributed by atoms with E-state index in [0.29, 0.717) is 21.9 Å². The van der Waals surface area contributed by atoms with Crippen molar-refractivity contribution in [2.75, 3.05) is 11.1 Å². The van der Waals surface area contributed by atoms with E-state index in [9.17, 15) is 9.59 Å². The van der Waals surface area contributed by atoms with Gasteiger partial charge in [-0.3, -0.25) is 4.79 Å². The predicted octanol–water partition coefficient (Wildman–Crippen LogP) is 5.84. The quantitative estimate of drug-likeness (QED) is 0.324. The van der Waals surface area contributed by atoms with Crippen molar-refractivity contribution in [1.29, 1.82) is 0 Å². The number of halogens is 1. The number of thioether (sulfide) groups is 1. The third-order valence-corrected chi connectivity index (χ3v) is 5.57. The number of amides is 1. The Morgan fingerprint density at radius 2 is 1.69 bits per heavy atom. The van der Waals surface area contributed by atoms with Gasteiger partial charge in [-0.05, 0) is 54.1 Å². The van der Waals surface area contributed by atoms with Crippen LogP contribution in [0, 0.1) is 0 Å². The summed E-state index contributed by atoms with van der Waals surface area (Å²) in [5.74, 6) is 0.181. The molecule has 1 heterocycles. The van der Waals surface area contributed by atoms with Crippen LogP contribution in [0.25, 0.3) is 22.1 Å². The van der Waals surface area contributed by atoms with Gasteiger partial charge in [0.2, 0.25) is 5.91 Å². The summed E-state index contributed by atoms with van der Waals surface area (Å²) in [5.41, 5.74) is 2.06. The van der Waals surface area contributed by atoms with E-state index in [1.807, 2.05) is 36.4 Å². The van der Waals surface area contributed by atoms with Crippen molar-refractivity contribution < 1.29 is 9.21 Å². The van der Waals surface area contributed by atoms with Crippen LogP contribution in [-0.2, 0) is 4.79 Å². The molecule has 0 bridgehead atoms. The van der Waals surface area contributed by atoms with Crippen LogP contribution in [0.1, 0.15) is 0 Å². The Morgan fingerprint density at radius 1 is 0.966 bits per heavy atom. The molecule has 0 saturated heterocycles. The summed E-state index contributed by atoms with van der Waals surface area (Å²) in [4.78, 5) is 25.4. The summed E-state index contributed by atoms with van der Waals surface area (Å²) in [6.45, 7) is 0. The van der Waals surface area contributed by atoms with E-state index in [0.717, 1.165) is 15.8 Å². The number of rotatable bonds is 5. The molecule has 4 aromatic rings. The molecule has 0 spiro atoms. The predicted molar refractivity (Wildman–Crippen MR) is 119 cm³/mol. The Hall–Kier alpha value is -3.02. The lowest BCUT2D eigenvalue weighted by atomic mass is 10.1. The van der Waals surface area contributed by atoms with Crippen LogP contribution in [0.5, 0.6) is 0 Å². The van der Waals surface area contributed by atoms with Gasteiger partial charge in [-0.2, -0.15) is 0 Å². The van der Waals surface area contributed by atoms with Gasteiger partial charge < -0.3 is 9.73 Å². The molecule has 0 aliphatic rings. The van der Waals surface area contributed by atoms with E-state index in [-0.39, 0.29) is 17.3 Å². The summed E-state index contributed by atoms with van der Waals surface area (Å²) in [5, 5.41) is 4.39. The minimum absolute atomic E-state index is 0.108. The fraction of sp³-hybridized carbons (Fsp3) is 0.0435. The average molecular weight is 422 g/mol. The molecule has 0 aliphatic carbocycles. The third kappa shape index (κ3) is 4.70. The first-order chi connectivity index (χ1) is 14.1. The number of hydrogen-bond acceptors (Lipinski definition) is 4. The maximum atomic E-state index is 12.3. The lowest BCUT2D eigenvalue weighted by Gasteiger charge is -2.07. The zero-order valence-corrected chi connectivity index (χ0v) is 16.8. The molecule has 4 rings (SSSR count). The van der Waals surface area contributed by atoms with Crippen molar-refractivity contribution in [3.8, 4) is 11.1 Å². The fourth-order valence-electron chi connectivity index (χ4n) is 2.87. The summed E-state index contributed by atoms with van der Waals surface area (Å²) < 4.78 is 5.39. The molecule has 1 aromatic heterocycles. The van der Waals surface area contributed by atoms with Gasteiger partial charge in [0.1, 0.15) is 5.58 Å². The highest BCUT2D eigenvalue weighted by Crippen LogP contribution is 2.23. The van der Waals surface area contributed by atoms with Crippen LogP contribution in [0.15, 0.2) is 93.0 Å². The van der Waals surface area contributed by atoms with Crippen molar-refractivity contribution in [2.45, 2.75) is 4.90 Å². The topological polar surface area (TPSA) is 59.3 Å². The highest BCUT2D eigenvalue weighted by molar-refractivity contribution is 8.00. The number of anilines is 1. The number of nitrogens with one attached hydrogen (secondary N) is 1. The van der Waals surface area contributed by atoms with Crippen LogP contribution in [-0.4, -0.2) is 11.7 Å². The Kier molecular flexibility index (Phi) is 5.69. The molecule has 29 heavy (non-hydrogen) atoms. The molecule has 1 amide bonds. The Labute approximate surface area is 176 Å². The first-order valence-electron chi connectivity index (χ1n) is 8.90. The molecule has 0 fully saturated rings. The highest BCUT2D eigenvalue weighted by atomic mass is 35.5. The SMILES string of the molecule is O=C(CSc1ccc(Cl)cc1)Nc1ccc(-c2cc3ccccc3oc2=O)cc1. The van der Waals surface area contributed by atoms with Gasteiger partial charge in [0.05, 0.1) is 11.3 Å². The van der Waals surface area contributed by atoms with Crippen LogP contribution in [0.3, 0.4) is 0 Å². The standard InChI is InChI=1S/C23H16ClNO3S/c24-17-7-11-19(12-8-17)29-14-22(26)25-18-9-5-15(6-10-18)20-13-16-3-1-2-4-21(16)28-23(20)27/h1-13H,14H2,(H,25,26). The van der Waals surface area contributed by atoms with E-state index in [4.69, 9.17) is 16.0 Å². The second-order valence-corrected chi connectivity index (χ2v) is 7.84. The second-order valence-electron chi connectivity index (χ2n) is 6.35. The van der Waals surface area contributed by atoms with Crippen molar-refractivity contribution in [1.82, 2.24) is 0 Å². The molecule has 0 radical (unpaired) electrons. The molecule has 4 nitrogen and oxygen atoms in total. The fourth-order valence-corrected chi connectivity index (χ4v) is 3.70. The maximum Gasteiger partial charge on any atom is 0.344 e.